The fourth-order valence-corrected chi connectivity index (χ4v) is 2.59. The molecule has 3 aromatic rings. The maximum absolute atomic E-state index is 12.4. The molecule has 0 aliphatic heterocycles. The maximum atomic E-state index is 12.4. The number of amides is 1. The lowest BCUT2D eigenvalue weighted by molar-refractivity contribution is -0.112. The van der Waals surface area contributed by atoms with Crippen LogP contribution in [0.5, 0.6) is 11.5 Å². The summed E-state index contributed by atoms with van der Waals surface area (Å²) in [6.07, 6.45) is 1.28. The van der Waals surface area contributed by atoms with E-state index in [1.54, 1.807) is 48.5 Å². The molecule has 154 valence electrons. The summed E-state index contributed by atoms with van der Waals surface area (Å²) < 4.78 is 10.4. The molecule has 7 heteroatoms. The summed E-state index contributed by atoms with van der Waals surface area (Å²) in [5.74, 6) is 0.269. The van der Waals surface area contributed by atoms with Crippen LogP contribution in [-0.2, 0) is 9.53 Å². The predicted molar refractivity (Wildman–Crippen MR) is 117 cm³/mol. The summed E-state index contributed by atoms with van der Waals surface area (Å²) in [4.78, 5) is 24.0. The third-order valence-electron chi connectivity index (χ3n) is 4.12. The number of para-hydroxylation sites is 1. The van der Waals surface area contributed by atoms with Crippen molar-refractivity contribution in [3.63, 3.8) is 0 Å². The monoisotopic (exact) mass is 413 g/mol. The Bertz CT molecular complexity index is 1130. The quantitative estimate of drug-likeness (QED) is 0.330. The van der Waals surface area contributed by atoms with Gasteiger partial charge >= 0.3 is 5.97 Å². The predicted octanol–water partition coefficient (Wildman–Crippen LogP) is 4.72. The van der Waals surface area contributed by atoms with Crippen molar-refractivity contribution in [2.75, 3.05) is 17.7 Å². The highest BCUT2D eigenvalue weighted by Crippen LogP contribution is 2.23. The molecule has 0 radical (unpaired) electrons. The first kappa shape index (κ1) is 21.1. The first-order chi connectivity index (χ1) is 15.1. The first-order valence-corrected chi connectivity index (χ1v) is 9.28. The van der Waals surface area contributed by atoms with Crippen molar-refractivity contribution in [3.05, 3.63) is 96.2 Å². The number of methoxy groups -OCH3 is 1. The number of nitrogens with zero attached hydrogens (tertiary/aromatic N) is 1. The fourth-order valence-electron chi connectivity index (χ4n) is 2.59. The Morgan fingerprint density at radius 3 is 2.29 bits per heavy atom. The second kappa shape index (κ2) is 10.3. The second-order valence-electron chi connectivity index (χ2n) is 6.28. The molecule has 0 bridgehead atoms. The third-order valence-corrected chi connectivity index (χ3v) is 4.12. The van der Waals surface area contributed by atoms with Gasteiger partial charge in [-0.2, -0.15) is 5.26 Å². The van der Waals surface area contributed by atoms with Crippen molar-refractivity contribution in [1.82, 2.24) is 0 Å². The Morgan fingerprint density at radius 2 is 1.61 bits per heavy atom. The van der Waals surface area contributed by atoms with Crippen LogP contribution in [0.15, 0.2) is 90.6 Å². The number of anilines is 2. The molecule has 0 aromatic heterocycles. The van der Waals surface area contributed by atoms with E-state index in [1.807, 2.05) is 36.4 Å². The Kier molecular flexibility index (Phi) is 7.01. The molecule has 3 aromatic carbocycles. The van der Waals surface area contributed by atoms with Crippen LogP contribution in [0, 0.1) is 11.3 Å². The second-order valence-corrected chi connectivity index (χ2v) is 6.28. The average Bonchev–Trinajstić information content (AvgIpc) is 2.81. The fraction of sp³-hybridized carbons (Fsp3) is 0.0417. The molecule has 0 saturated carbocycles. The molecule has 0 aliphatic rings. The molecule has 0 saturated heterocycles. The van der Waals surface area contributed by atoms with Gasteiger partial charge in [0, 0.05) is 17.6 Å². The van der Waals surface area contributed by atoms with E-state index in [-0.39, 0.29) is 5.57 Å². The lowest BCUT2D eigenvalue weighted by Gasteiger charge is -2.08. The zero-order chi connectivity index (χ0) is 22.1. The number of rotatable bonds is 7. The van der Waals surface area contributed by atoms with Gasteiger partial charge in [0.05, 0.1) is 12.7 Å². The van der Waals surface area contributed by atoms with E-state index >= 15 is 0 Å². The highest BCUT2D eigenvalue weighted by Gasteiger charge is 2.10. The van der Waals surface area contributed by atoms with Crippen LogP contribution < -0.4 is 15.4 Å². The molecule has 1 amide bonds. The van der Waals surface area contributed by atoms with Gasteiger partial charge in [0.2, 0.25) is 0 Å². The van der Waals surface area contributed by atoms with Gasteiger partial charge in [-0.05, 0) is 54.6 Å². The Morgan fingerprint density at radius 1 is 0.903 bits per heavy atom. The number of hydrogen-bond acceptors (Lipinski definition) is 6. The van der Waals surface area contributed by atoms with Crippen molar-refractivity contribution in [1.29, 1.82) is 5.26 Å². The van der Waals surface area contributed by atoms with Crippen molar-refractivity contribution in [2.45, 2.75) is 0 Å². The van der Waals surface area contributed by atoms with Crippen molar-refractivity contribution < 1.29 is 19.1 Å². The molecule has 3 rings (SSSR count). The van der Waals surface area contributed by atoms with Gasteiger partial charge in [0.15, 0.2) is 0 Å². The van der Waals surface area contributed by atoms with Gasteiger partial charge < -0.3 is 20.1 Å². The normalized spacial score (nSPS) is 10.5. The number of nitriles is 1. The molecule has 0 fully saturated rings. The molecule has 0 spiro atoms. The van der Waals surface area contributed by atoms with Crippen LogP contribution in [0.25, 0.3) is 0 Å². The minimum Gasteiger partial charge on any atom is -0.465 e. The van der Waals surface area contributed by atoms with Gasteiger partial charge in [-0.25, -0.2) is 4.79 Å². The highest BCUT2D eigenvalue weighted by atomic mass is 16.5. The number of carbonyl (C=O) groups is 2. The Balaban J connectivity index is 1.63. The molecule has 7 nitrogen and oxygen atoms in total. The lowest BCUT2D eigenvalue weighted by Crippen LogP contribution is -2.14. The van der Waals surface area contributed by atoms with Crippen molar-refractivity contribution >= 4 is 23.3 Å². The van der Waals surface area contributed by atoms with Crippen LogP contribution >= 0.6 is 0 Å². The van der Waals surface area contributed by atoms with Gasteiger partial charge in [0.25, 0.3) is 5.91 Å². The minimum absolute atomic E-state index is 0.131. The number of esters is 1. The number of carbonyl (C=O) groups excluding carboxylic acids is 2. The summed E-state index contributed by atoms with van der Waals surface area (Å²) in [5.41, 5.74) is 1.26. The SMILES string of the molecule is COC(=O)c1cccc(N/C=C(/C#N)C(=O)Nc2ccc(Oc3ccccc3)cc2)c1. The first-order valence-electron chi connectivity index (χ1n) is 9.28. The van der Waals surface area contributed by atoms with E-state index in [4.69, 9.17) is 4.74 Å². The molecule has 2 N–H and O–H groups in total. The Hall–Kier alpha value is -4.57. The van der Waals surface area contributed by atoms with Gasteiger partial charge in [-0.3, -0.25) is 4.79 Å². The van der Waals surface area contributed by atoms with Crippen molar-refractivity contribution in [2.24, 2.45) is 0 Å². The molecule has 0 aliphatic carbocycles. The van der Waals surface area contributed by atoms with Crippen LogP contribution in [0.3, 0.4) is 0 Å². The van der Waals surface area contributed by atoms with E-state index in [1.165, 1.54) is 13.3 Å². The highest BCUT2D eigenvalue weighted by molar-refractivity contribution is 6.06. The summed E-state index contributed by atoms with van der Waals surface area (Å²) >= 11 is 0. The standard InChI is InChI=1S/C24H19N3O4/c1-30-24(29)17-6-5-7-20(14-17)26-16-18(15-25)23(28)27-19-10-12-22(13-11-19)31-21-8-3-2-4-9-21/h2-14,16,26H,1H3,(H,27,28)/b18-16-. The van der Waals surface area contributed by atoms with Crippen LogP contribution in [0.2, 0.25) is 0 Å². The summed E-state index contributed by atoms with van der Waals surface area (Å²) in [7, 11) is 1.29. The zero-order valence-electron chi connectivity index (χ0n) is 16.7. The molecule has 0 unspecified atom stereocenters. The molecular formula is C24H19N3O4. The van der Waals surface area contributed by atoms with Crippen LogP contribution in [0.4, 0.5) is 11.4 Å². The summed E-state index contributed by atoms with van der Waals surface area (Å²) in [6.45, 7) is 0. The molecule has 0 atom stereocenters. The third kappa shape index (κ3) is 5.95. The van der Waals surface area contributed by atoms with E-state index in [9.17, 15) is 14.9 Å². The minimum atomic E-state index is -0.573. The number of ether oxygens (including phenoxy) is 2. The molecular weight excluding hydrogens is 394 g/mol. The van der Waals surface area contributed by atoms with E-state index in [0.29, 0.717) is 28.4 Å². The van der Waals surface area contributed by atoms with Gasteiger partial charge in [0.1, 0.15) is 23.1 Å². The maximum Gasteiger partial charge on any atom is 0.337 e. The molecule has 31 heavy (non-hydrogen) atoms. The van der Waals surface area contributed by atoms with E-state index in [2.05, 4.69) is 15.4 Å². The van der Waals surface area contributed by atoms with Crippen LogP contribution in [-0.4, -0.2) is 19.0 Å². The van der Waals surface area contributed by atoms with E-state index in [0.717, 1.165) is 0 Å². The zero-order valence-corrected chi connectivity index (χ0v) is 16.7. The van der Waals surface area contributed by atoms with E-state index < -0.39 is 11.9 Å². The average molecular weight is 413 g/mol. The number of hydrogen-bond donors (Lipinski definition) is 2. The Labute approximate surface area is 179 Å². The summed E-state index contributed by atoms with van der Waals surface area (Å²) in [6, 6.07) is 24.5. The summed E-state index contributed by atoms with van der Waals surface area (Å²) in [5, 5.41) is 14.8. The van der Waals surface area contributed by atoms with Gasteiger partial charge in [-0.1, -0.05) is 24.3 Å². The number of nitrogens with one attached hydrogen (secondary N) is 2. The lowest BCUT2D eigenvalue weighted by atomic mass is 10.2. The largest absolute Gasteiger partial charge is 0.465 e. The van der Waals surface area contributed by atoms with Crippen LogP contribution in [0.1, 0.15) is 10.4 Å². The topological polar surface area (TPSA) is 100 Å². The van der Waals surface area contributed by atoms with Gasteiger partial charge in [-0.15, -0.1) is 0 Å². The smallest absolute Gasteiger partial charge is 0.337 e. The van der Waals surface area contributed by atoms with Crippen molar-refractivity contribution in [3.8, 4) is 17.6 Å². The number of benzene rings is 3. The molecule has 0 heterocycles.